The van der Waals surface area contributed by atoms with Gasteiger partial charge >= 0.3 is 0 Å². The van der Waals surface area contributed by atoms with E-state index >= 15 is 0 Å². The molecule has 216 valence electrons. The standard InChI is InChI=1S/C31H38N6O3S/c1-21-19-37(20-22(2)40-21)31-34-29-26(30(35-31)36-12-14-39-15-13-36)7-8-27(33-29)23-6-9-28(38-3)24(17-23)18-32-11-10-25-5-4-16-41-25/h4-9,16-17,21-22,32H,10-15,18-20H2,1-3H3/t21-,22+. The van der Waals surface area contributed by atoms with Gasteiger partial charge < -0.3 is 29.3 Å². The van der Waals surface area contributed by atoms with Crippen LogP contribution in [0.5, 0.6) is 5.75 Å². The van der Waals surface area contributed by atoms with Gasteiger partial charge in [0.25, 0.3) is 0 Å². The fourth-order valence-corrected chi connectivity index (χ4v) is 6.32. The van der Waals surface area contributed by atoms with Crippen LogP contribution in [0.2, 0.25) is 0 Å². The zero-order chi connectivity index (χ0) is 28.2. The van der Waals surface area contributed by atoms with Gasteiger partial charge in [-0.15, -0.1) is 11.3 Å². The average molecular weight is 575 g/mol. The molecule has 10 heteroatoms. The van der Waals surface area contributed by atoms with Gasteiger partial charge in [-0.3, -0.25) is 0 Å². The molecule has 2 aliphatic rings. The lowest BCUT2D eigenvalue weighted by Gasteiger charge is -2.36. The van der Waals surface area contributed by atoms with Gasteiger partial charge in [0, 0.05) is 55.3 Å². The normalized spacial score (nSPS) is 19.6. The molecule has 0 unspecified atom stereocenters. The van der Waals surface area contributed by atoms with Gasteiger partial charge in [-0.05, 0) is 62.0 Å². The molecule has 0 amide bonds. The number of thiophene rings is 1. The molecule has 2 fully saturated rings. The quantitative estimate of drug-likeness (QED) is 0.290. The van der Waals surface area contributed by atoms with Crippen LogP contribution in [0, 0.1) is 0 Å². The molecule has 1 N–H and O–H groups in total. The molecule has 9 nitrogen and oxygen atoms in total. The Morgan fingerprint density at radius 2 is 1.83 bits per heavy atom. The third-order valence-corrected chi connectivity index (χ3v) is 8.50. The number of fused-ring (bicyclic) bond motifs is 1. The molecular formula is C31H38N6O3S. The zero-order valence-corrected chi connectivity index (χ0v) is 24.8. The summed E-state index contributed by atoms with van der Waals surface area (Å²) in [6.45, 7) is 10.3. The zero-order valence-electron chi connectivity index (χ0n) is 24.0. The minimum Gasteiger partial charge on any atom is -0.496 e. The summed E-state index contributed by atoms with van der Waals surface area (Å²) in [5, 5.41) is 6.65. The Morgan fingerprint density at radius 3 is 2.59 bits per heavy atom. The van der Waals surface area contributed by atoms with E-state index in [4.69, 9.17) is 29.2 Å². The Morgan fingerprint density at radius 1 is 1.00 bits per heavy atom. The number of methoxy groups -OCH3 is 1. The highest BCUT2D eigenvalue weighted by atomic mass is 32.1. The SMILES string of the molecule is COc1ccc(-c2ccc3c(N4CCOCC4)nc(N4C[C@@H](C)O[C@@H](C)C4)nc3n2)cc1CNCCc1cccs1. The van der Waals surface area contributed by atoms with Crippen LogP contribution in [-0.4, -0.2) is 80.2 Å². The fraction of sp³-hybridized carbons (Fsp3) is 0.452. The highest BCUT2D eigenvalue weighted by Crippen LogP contribution is 2.31. The number of rotatable bonds is 9. The Kier molecular flexibility index (Phi) is 8.62. The highest BCUT2D eigenvalue weighted by Gasteiger charge is 2.27. The van der Waals surface area contributed by atoms with Crippen molar-refractivity contribution in [1.82, 2.24) is 20.3 Å². The third kappa shape index (κ3) is 6.46. The van der Waals surface area contributed by atoms with Crippen LogP contribution in [0.3, 0.4) is 0 Å². The van der Waals surface area contributed by atoms with Crippen molar-refractivity contribution in [3.05, 3.63) is 58.3 Å². The van der Waals surface area contributed by atoms with E-state index in [-0.39, 0.29) is 12.2 Å². The summed E-state index contributed by atoms with van der Waals surface area (Å²) in [4.78, 5) is 21.1. The van der Waals surface area contributed by atoms with Crippen molar-refractivity contribution in [2.75, 3.05) is 62.8 Å². The molecule has 2 atom stereocenters. The van der Waals surface area contributed by atoms with Crippen LogP contribution in [0.1, 0.15) is 24.3 Å². The second kappa shape index (κ2) is 12.7. The number of pyridine rings is 1. The minimum absolute atomic E-state index is 0.112. The molecule has 5 heterocycles. The van der Waals surface area contributed by atoms with E-state index in [1.165, 1.54) is 4.88 Å². The van der Waals surface area contributed by atoms with Crippen LogP contribution >= 0.6 is 11.3 Å². The number of aromatic nitrogens is 3. The molecule has 0 bridgehead atoms. The molecule has 3 aromatic heterocycles. The summed E-state index contributed by atoms with van der Waals surface area (Å²) in [6, 6.07) is 14.7. The molecule has 41 heavy (non-hydrogen) atoms. The minimum atomic E-state index is 0.112. The predicted octanol–water partition coefficient (Wildman–Crippen LogP) is 4.54. The van der Waals surface area contributed by atoms with Crippen molar-refractivity contribution in [2.45, 2.75) is 39.0 Å². The molecule has 0 spiro atoms. The van der Waals surface area contributed by atoms with Gasteiger partial charge in [0.2, 0.25) is 5.95 Å². The number of anilines is 2. The topological polar surface area (TPSA) is 84.9 Å². The monoisotopic (exact) mass is 574 g/mol. The lowest BCUT2D eigenvalue weighted by atomic mass is 10.1. The second-order valence-corrected chi connectivity index (χ2v) is 11.7. The smallest absolute Gasteiger partial charge is 0.229 e. The Hall–Kier alpha value is -3.31. The van der Waals surface area contributed by atoms with Gasteiger partial charge in [-0.1, -0.05) is 6.07 Å². The summed E-state index contributed by atoms with van der Waals surface area (Å²) >= 11 is 1.80. The summed E-state index contributed by atoms with van der Waals surface area (Å²) in [7, 11) is 1.72. The van der Waals surface area contributed by atoms with Crippen molar-refractivity contribution in [3.8, 4) is 17.0 Å². The van der Waals surface area contributed by atoms with Crippen LogP contribution in [0.25, 0.3) is 22.3 Å². The lowest BCUT2D eigenvalue weighted by molar-refractivity contribution is -0.00570. The molecule has 0 aliphatic carbocycles. The van der Waals surface area contributed by atoms with Crippen molar-refractivity contribution in [2.24, 2.45) is 0 Å². The maximum Gasteiger partial charge on any atom is 0.229 e. The van der Waals surface area contributed by atoms with E-state index in [0.717, 1.165) is 79.5 Å². The predicted molar refractivity (Wildman–Crippen MR) is 164 cm³/mol. The molecule has 0 saturated carbocycles. The summed E-state index contributed by atoms with van der Waals surface area (Å²) < 4.78 is 17.3. The van der Waals surface area contributed by atoms with Crippen molar-refractivity contribution >= 4 is 34.1 Å². The van der Waals surface area contributed by atoms with Crippen LogP contribution in [0.4, 0.5) is 11.8 Å². The Bertz CT molecular complexity index is 1450. The molecule has 2 saturated heterocycles. The second-order valence-electron chi connectivity index (χ2n) is 10.7. The van der Waals surface area contributed by atoms with Crippen LogP contribution in [-0.2, 0) is 22.4 Å². The number of hydrogen-bond donors (Lipinski definition) is 1. The molecule has 4 aromatic rings. The molecule has 6 rings (SSSR count). The molecule has 1 aromatic carbocycles. The van der Waals surface area contributed by atoms with E-state index in [0.29, 0.717) is 24.8 Å². The van der Waals surface area contributed by atoms with Gasteiger partial charge in [-0.2, -0.15) is 9.97 Å². The lowest BCUT2D eigenvalue weighted by Crippen LogP contribution is -2.46. The van der Waals surface area contributed by atoms with E-state index in [1.807, 2.05) is 6.07 Å². The van der Waals surface area contributed by atoms with Gasteiger partial charge in [-0.25, -0.2) is 4.98 Å². The van der Waals surface area contributed by atoms with Gasteiger partial charge in [0.1, 0.15) is 11.6 Å². The maximum absolute atomic E-state index is 5.98. The fourth-order valence-electron chi connectivity index (χ4n) is 5.61. The van der Waals surface area contributed by atoms with Crippen molar-refractivity contribution in [3.63, 3.8) is 0 Å². The summed E-state index contributed by atoms with van der Waals surface area (Å²) in [6.07, 6.45) is 1.24. The third-order valence-electron chi connectivity index (χ3n) is 7.56. The molecular weight excluding hydrogens is 536 g/mol. The highest BCUT2D eigenvalue weighted by molar-refractivity contribution is 7.09. The van der Waals surface area contributed by atoms with Gasteiger partial charge in [0.05, 0.1) is 43.6 Å². The maximum atomic E-state index is 5.98. The first kappa shape index (κ1) is 27.8. The number of ether oxygens (including phenoxy) is 3. The average Bonchev–Trinajstić information content (AvgIpc) is 3.52. The first-order chi connectivity index (χ1) is 20.1. The van der Waals surface area contributed by atoms with E-state index in [1.54, 1.807) is 18.4 Å². The van der Waals surface area contributed by atoms with Crippen molar-refractivity contribution < 1.29 is 14.2 Å². The van der Waals surface area contributed by atoms with E-state index < -0.39 is 0 Å². The van der Waals surface area contributed by atoms with E-state index in [2.05, 4.69) is 70.7 Å². The number of morpholine rings is 2. The number of benzene rings is 1. The number of hydrogen-bond acceptors (Lipinski definition) is 10. The Balaban J connectivity index is 1.31. The van der Waals surface area contributed by atoms with Crippen molar-refractivity contribution in [1.29, 1.82) is 0 Å². The summed E-state index contributed by atoms with van der Waals surface area (Å²) in [5.41, 5.74) is 3.71. The first-order valence-corrected chi connectivity index (χ1v) is 15.3. The molecule has 2 aliphatic heterocycles. The molecule has 0 radical (unpaired) electrons. The number of nitrogens with one attached hydrogen (secondary N) is 1. The van der Waals surface area contributed by atoms with E-state index in [9.17, 15) is 0 Å². The van der Waals surface area contributed by atoms with Gasteiger partial charge in [0.15, 0.2) is 5.65 Å². The van der Waals surface area contributed by atoms with Crippen LogP contribution in [0.15, 0.2) is 47.8 Å². The van der Waals surface area contributed by atoms with Crippen LogP contribution < -0.4 is 19.9 Å². The number of nitrogens with zero attached hydrogens (tertiary/aromatic N) is 5. The first-order valence-electron chi connectivity index (χ1n) is 14.4. The Labute approximate surface area is 245 Å². The summed E-state index contributed by atoms with van der Waals surface area (Å²) in [5.74, 6) is 2.49. The largest absolute Gasteiger partial charge is 0.496 e.